The van der Waals surface area contributed by atoms with Gasteiger partial charge in [-0.2, -0.15) is 0 Å². The van der Waals surface area contributed by atoms with Crippen molar-refractivity contribution in [3.63, 3.8) is 0 Å². The van der Waals surface area contributed by atoms with Crippen molar-refractivity contribution in [1.82, 2.24) is 0 Å². The normalized spacial score (nSPS) is 14.1. The lowest BCUT2D eigenvalue weighted by molar-refractivity contribution is -0.143. The molecule has 1 aromatic carbocycles. The minimum Gasteiger partial charge on any atom is -0.466 e. The van der Waals surface area contributed by atoms with Crippen LogP contribution in [0.3, 0.4) is 0 Å². The van der Waals surface area contributed by atoms with Crippen LogP contribution in [0.15, 0.2) is 29.2 Å². The fourth-order valence-electron chi connectivity index (χ4n) is 1.50. The number of hydrogen-bond donors (Lipinski definition) is 0. The molecule has 2 unspecified atom stereocenters. The van der Waals surface area contributed by atoms with E-state index in [9.17, 15) is 9.00 Å². The number of aryl methyl sites for hydroxylation is 1. The topological polar surface area (TPSA) is 43.4 Å². The molecule has 0 aromatic heterocycles. The summed E-state index contributed by atoms with van der Waals surface area (Å²) in [4.78, 5) is 12.1. The van der Waals surface area contributed by atoms with Gasteiger partial charge >= 0.3 is 5.97 Å². The largest absolute Gasteiger partial charge is 0.466 e. The number of ether oxygens (including phenoxy) is 1. The molecule has 0 bridgehead atoms. The second kappa shape index (κ2) is 6.55. The highest BCUT2D eigenvalue weighted by molar-refractivity contribution is 7.85. The van der Waals surface area contributed by atoms with Crippen LogP contribution in [0.2, 0.25) is 0 Å². The van der Waals surface area contributed by atoms with Crippen LogP contribution in [0.25, 0.3) is 0 Å². The molecular weight excluding hydrogens is 236 g/mol. The highest BCUT2D eigenvalue weighted by atomic mass is 32.2. The van der Waals surface area contributed by atoms with E-state index in [0.29, 0.717) is 6.61 Å². The molecular formula is C13H18O3S. The average Bonchev–Trinajstić information content (AvgIpc) is 2.28. The Kier molecular flexibility index (Phi) is 5.35. The molecule has 0 saturated carbocycles. The number of rotatable bonds is 5. The van der Waals surface area contributed by atoms with Crippen LogP contribution in [0.1, 0.15) is 25.8 Å². The number of hydrogen-bond acceptors (Lipinski definition) is 3. The summed E-state index contributed by atoms with van der Waals surface area (Å²) in [6.45, 7) is 5.88. The number of carbonyl (C=O) groups excluding carboxylic acids is 1. The van der Waals surface area contributed by atoms with Gasteiger partial charge in [0.05, 0.1) is 23.8 Å². The Balaban J connectivity index is 2.67. The SMILES string of the molecule is CCOC(=O)CC(C)S(=O)c1cccc(C)c1. The monoisotopic (exact) mass is 254 g/mol. The van der Waals surface area contributed by atoms with Gasteiger partial charge in [-0.15, -0.1) is 0 Å². The van der Waals surface area contributed by atoms with E-state index in [1.165, 1.54) is 0 Å². The van der Waals surface area contributed by atoms with Crippen molar-refractivity contribution in [2.24, 2.45) is 0 Å². The number of benzene rings is 1. The summed E-state index contributed by atoms with van der Waals surface area (Å²) < 4.78 is 17.0. The Bertz CT molecular complexity index is 415. The van der Waals surface area contributed by atoms with Crippen LogP contribution < -0.4 is 0 Å². The lowest BCUT2D eigenvalue weighted by Gasteiger charge is -2.11. The van der Waals surface area contributed by atoms with Crippen molar-refractivity contribution in [3.05, 3.63) is 29.8 Å². The number of esters is 1. The first-order valence-electron chi connectivity index (χ1n) is 5.67. The van der Waals surface area contributed by atoms with E-state index in [1.54, 1.807) is 13.8 Å². The molecule has 0 saturated heterocycles. The Morgan fingerprint density at radius 3 is 2.76 bits per heavy atom. The Hall–Kier alpha value is -1.16. The summed E-state index contributed by atoms with van der Waals surface area (Å²) in [6.07, 6.45) is 0.189. The van der Waals surface area contributed by atoms with Gasteiger partial charge in [-0.25, -0.2) is 0 Å². The summed E-state index contributed by atoms with van der Waals surface area (Å²) in [7, 11) is -1.16. The third-order valence-electron chi connectivity index (χ3n) is 2.35. The van der Waals surface area contributed by atoms with Gasteiger partial charge in [0.25, 0.3) is 0 Å². The first kappa shape index (κ1) is 13.9. The van der Waals surface area contributed by atoms with Crippen molar-refractivity contribution in [3.8, 4) is 0 Å². The van der Waals surface area contributed by atoms with Gasteiger partial charge in [-0.05, 0) is 38.5 Å². The summed E-state index contributed by atoms with van der Waals surface area (Å²) in [6, 6.07) is 7.54. The molecule has 94 valence electrons. The Morgan fingerprint density at radius 1 is 1.47 bits per heavy atom. The second-order valence-corrected chi connectivity index (χ2v) is 5.80. The Labute approximate surface area is 105 Å². The molecule has 0 heterocycles. The van der Waals surface area contributed by atoms with Gasteiger partial charge in [0.1, 0.15) is 0 Å². The van der Waals surface area contributed by atoms with Crippen molar-refractivity contribution in [2.45, 2.75) is 37.3 Å². The van der Waals surface area contributed by atoms with E-state index in [4.69, 9.17) is 4.74 Å². The molecule has 4 heteroatoms. The quantitative estimate of drug-likeness (QED) is 0.758. The third kappa shape index (κ3) is 4.30. The van der Waals surface area contributed by atoms with Crippen LogP contribution in [0, 0.1) is 6.92 Å². The molecule has 0 N–H and O–H groups in total. The molecule has 3 nitrogen and oxygen atoms in total. The van der Waals surface area contributed by atoms with Gasteiger partial charge in [-0.1, -0.05) is 12.1 Å². The molecule has 0 fully saturated rings. The lowest BCUT2D eigenvalue weighted by Crippen LogP contribution is -2.18. The summed E-state index contributed by atoms with van der Waals surface area (Å²) in [5.41, 5.74) is 1.07. The van der Waals surface area contributed by atoms with Gasteiger partial charge in [0.15, 0.2) is 0 Å². The summed E-state index contributed by atoms with van der Waals surface area (Å²) in [5, 5.41) is -0.226. The van der Waals surface area contributed by atoms with Crippen molar-refractivity contribution in [1.29, 1.82) is 0 Å². The average molecular weight is 254 g/mol. The van der Waals surface area contributed by atoms with Crippen molar-refractivity contribution < 1.29 is 13.7 Å². The van der Waals surface area contributed by atoms with Gasteiger partial charge in [0.2, 0.25) is 0 Å². The smallest absolute Gasteiger partial charge is 0.306 e. The highest BCUT2D eigenvalue weighted by Gasteiger charge is 2.17. The van der Waals surface area contributed by atoms with Crippen molar-refractivity contribution >= 4 is 16.8 Å². The van der Waals surface area contributed by atoms with E-state index in [0.717, 1.165) is 10.5 Å². The van der Waals surface area contributed by atoms with Crippen molar-refractivity contribution in [2.75, 3.05) is 6.61 Å². The molecule has 0 aliphatic heterocycles. The summed E-state index contributed by atoms with van der Waals surface area (Å²) in [5.74, 6) is -0.291. The maximum atomic E-state index is 12.1. The summed E-state index contributed by atoms with van der Waals surface area (Å²) >= 11 is 0. The predicted octanol–water partition coefficient (Wildman–Crippen LogP) is 2.44. The first-order valence-corrected chi connectivity index (χ1v) is 6.88. The van der Waals surface area contributed by atoms with Crippen LogP contribution in [0.4, 0.5) is 0 Å². The molecule has 0 radical (unpaired) electrons. The molecule has 0 spiro atoms. The van der Waals surface area contributed by atoms with E-state index in [1.807, 2.05) is 31.2 Å². The number of carbonyl (C=O) groups is 1. The van der Waals surface area contributed by atoms with E-state index >= 15 is 0 Å². The molecule has 1 aromatic rings. The maximum absolute atomic E-state index is 12.1. The van der Waals surface area contributed by atoms with E-state index in [2.05, 4.69) is 0 Å². The van der Waals surface area contributed by atoms with Crippen LogP contribution in [-0.4, -0.2) is 22.0 Å². The Morgan fingerprint density at radius 2 is 2.18 bits per heavy atom. The lowest BCUT2D eigenvalue weighted by atomic mass is 10.2. The molecule has 1 rings (SSSR count). The highest BCUT2D eigenvalue weighted by Crippen LogP contribution is 2.15. The van der Waals surface area contributed by atoms with Crippen LogP contribution >= 0.6 is 0 Å². The molecule has 0 amide bonds. The van der Waals surface area contributed by atoms with Gasteiger partial charge in [0, 0.05) is 10.1 Å². The zero-order valence-electron chi connectivity index (χ0n) is 10.4. The predicted molar refractivity (Wildman–Crippen MR) is 68.3 cm³/mol. The third-order valence-corrected chi connectivity index (χ3v) is 3.96. The van der Waals surface area contributed by atoms with Gasteiger partial charge < -0.3 is 4.74 Å². The van der Waals surface area contributed by atoms with Gasteiger partial charge in [-0.3, -0.25) is 9.00 Å². The fourth-order valence-corrected chi connectivity index (χ4v) is 2.77. The first-order chi connectivity index (χ1) is 8.04. The van der Waals surface area contributed by atoms with E-state index in [-0.39, 0.29) is 17.6 Å². The van der Waals surface area contributed by atoms with Crippen LogP contribution in [-0.2, 0) is 20.3 Å². The fraction of sp³-hybridized carbons (Fsp3) is 0.462. The van der Waals surface area contributed by atoms with E-state index < -0.39 is 10.8 Å². The zero-order chi connectivity index (χ0) is 12.8. The molecule has 0 aliphatic rings. The maximum Gasteiger partial charge on any atom is 0.306 e. The second-order valence-electron chi connectivity index (χ2n) is 3.93. The molecule has 2 atom stereocenters. The standard InChI is InChI=1S/C13H18O3S/c1-4-16-13(14)9-11(3)17(15)12-7-5-6-10(2)8-12/h5-8,11H,4,9H2,1-3H3. The minimum absolute atomic E-state index is 0.189. The zero-order valence-corrected chi connectivity index (χ0v) is 11.3. The molecule has 0 aliphatic carbocycles. The molecule has 17 heavy (non-hydrogen) atoms. The minimum atomic E-state index is -1.16. The van der Waals surface area contributed by atoms with Crippen LogP contribution in [0.5, 0.6) is 0 Å².